The van der Waals surface area contributed by atoms with Crippen molar-refractivity contribution in [3.63, 3.8) is 0 Å². The monoisotopic (exact) mass is 348 g/mol. The zero-order chi connectivity index (χ0) is 18.4. The summed E-state index contributed by atoms with van der Waals surface area (Å²) in [7, 11) is 1.62. The normalized spacial score (nSPS) is 10.8. The fourth-order valence-corrected chi connectivity index (χ4v) is 3.21. The number of hydrogen-bond donors (Lipinski definition) is 0. The molecule has 0 radical (unpaired) electrons. The minimum absolute atomic E-state index is 0.0237. The Morgan fingerprint density at radius 2 is 1.96 bits per heavy atom. The highest BCUT2D eigenvalue weighted by molar-refractivity contribution is 5.82. The Morgan fingerprint density at radius 3 is 2.77 bits per heavy atom. The average molecular weight is 348 g/mol. The largest absolute Gasteiger partial charge is 0.496 e. The van der Waals surface area contributed by atoms with Crippen LogP contribution in [0.15, 0.2) is 66.1 Å². The number of fused-ring (bicyclic) bond motifs is 1. The lowest BCUT2D eigenvalue weighted by Gasteiger charge is -2.14. The van der Waals surface area contributed by atoms with E-state index in [-0.39, 0.29) is 5.56 Å². The lowest BCUT2D eigenvalue weighted by atomic mass is 10.0. The van der Waals surface area contributed by atoms with E-state index in [0.717, 1.165) is 42.3 Å². The molecule has 2 heterocycles. The van der Waals surface area contributed by atoms with Gasteiger partial charge in [0.25, 0.3) is 5.56 Å². The standard InChI is InChI=1S/C22H24N2O2/c1-3-4-5-6-9-15-24-21-17(11-10-14-23-21)16-19(22(24)25)18-12-7-8-13-20(18)26-2/h3,7-8,10-14,16H,1,4-6,9,15H2,2H3. The Kier molecular flexibility index (Phi) is 5.84. The fraction of sp³-hybridized carbons (Fsp3) is 0.273. The zero-order valence-corrected chi connectivity index (χ0v) is 15.1. The number of hydrogen-bond acceptors (Lipinski definition) is 3. The van der Waals surface area contributed by atoms with Gasteiger partial charge in [0, 0.05) is 23.7 Å². The highest BCUT2D eigenvalue weighted by atomic mass is 16.5. The van der Waals surface area contributed by atoms with E-state index in [4.69, 9.17) is 4.74 Å². The Balaban J connectivity index is 2.06. The minimum atomic E-state index is -0.0237. The van der Waals surface area contributed by atoms with Crippen LogP contribution in [0, 0.1) is 0 Å². The second kappa shape index (κ2) is 8.48. The highest BCUT2D eigenvalue weighted by Gasteiger charge is 2.14. The highest BCUT2D eigenvalue weighted by Crippen LogP contribution is 2.29. The van der Waals surface area contributed by atoms with Crippen LogP contribution >= 0.6 is 0 Å². The Bertz CT molecular complexity index is 960. The van der Waals surface area contributed by atoms with Crippen molar-refractivity contribution in [2.24, 2.45) is 0 Å². The molecule has 0 saturated heterocycles. The number of pyridine rings is 2. The van der Waals surface area contributed by atoms with Crippen molar-refractivity contribution in [1.29, 1.82) is 0 Å². The molecule has 134 valence electrons. The van der Waals surface area contributed by atoms with Gasteiger partial charge in [0.1, 0.15) is 11.4 Å². The summed E-state index contributed by atoms with van der Waals surface area (Å²) in [5.74, 6) is 0.699. The summed E-state index contributed by atoms with van der Waals surface area (Å²) in [6.45, 7) is 4.42. The van der Waals surface area contributed by atoms with Crippen molar-refractivity contribution >= 4 is 11.0 Å². The molecule has 1 aromatic carbocycles. The van der Waals surface area contributed by atoms with Crippen LogP contribution < -0.4 is 10.3 Å². The predicted octanol–water partition coefficient (Wildman–Crippen LogP) is 4.82. The molecular formula is C22H24N2O2. The first-order valence-corrected chi connectivity index (χ1v) is 8.99. The molecule has 0 aliphatic rings. The molecule has 4 heteroatoms. The average Bonchev–Trinajstić information content (AvgIpc) is 2.69. The van der Waals surface area contributed by atoms with E-state index < -0.39 is 0 Å². The molecule has 3 aromatic rings. The third kappa shape index (κ3) is 3.69. The molecule has 0 unspecified atom stereocenters. The van der Waals surface area contributed by atoms with Gasteiger partial charge < -0.3 is 4.74 Å². The molecule has 4 nitrogen and oxygen atoms in total. The minimum Gasteiger partial charge on any atom is -0.496 e. The molecule has 0 aliphatic carbocycles. The number of para-hydroxylation sites is 1. The van der Waals surface area contributed by atoms with Crippen molar-refractivity contribution in [3.8, 4) is 16.9 Å². The van der Waals surface area contributed by atoms with Crippen LogP contribution in [0.3, 0.4) is 0 Å². The number of benzene rings is 1. The molecule has 0 atom stereocenters. The quantitative estimate of drug-likeness (QED) is 0.433. The summed E-state index contributed by atoms with van der Waals surface area (Å²) in [4.78, 5) is 17.7. The zero-order valence-electron chi connectivity index (χ0n) is 15.1. The van der Waals surface area contributed by atoms with E-state index in [2.05, 4.69) is 11.6 Å². The third-order valence-electron chi connectivity index (χ3n) is 4.54. The van der Waals surface area contributed by atoms with Crippen molar-refractivity contribution in [2.45, 2.75) is 32.2 Å². The van der Waals surface area contributed by atoms with Gasteiger partial charge in [0.05, 0.1) is 12.7 Å². The molecule has 3 rings (SSSR count). The van der Waals surface area contributed by atoms with Gasteiger partial charge in [0.2, 0.25) is 0 Å². The third-order valence-corrected chi connectivity index (χ3v) is 4.54. The van der Waals surface area contributed by atoms with E-state index in [0.29, 0.717) is 17.9 Å². The van der Waals surface area contributed by atoms with Crippen LogP contribution in [0.4, 0.5) is 0 Å². The van der Waals surface area contributed by atoms with E-state index in [1.807, 2.05) is 48.5 Å². The smallest absolute Gasteiger partial charge is 0.260 e. The maximum Gasteiger partial charge on any atom is 0.260 e. The van der Waals surface area contributed by atoms with Crippen molar-refractivity contribution in [1.82, 2.24) is 9.55 Å². The van der Waals surface area contributed by atoms with E-state index in [1.165, 1.54) is 0 Å². The summed E-state index contributed by atoms with van der Waals surface area (Å²) in [6.07, 6.45) is 7.77. The van der Waals surface area contributed by atoms with Crippen LogP contribution in [0.5, 0.6) is 5.75 Å². The summed E-state index contributed by atoms with van der Waals surface area (Å²) in [6, 6.07) is 13.4. The van der Waals surface area contributed by atoms with Crippen molar-refractivity contribution in [3.05, 3.63) is 71.7 Å². The van der Waals surface area contributed by atoms with Crippen molar-refractivity contribution in [2.75, 3.05) is 7.11 Å². The van der Waals surface area contributed by atoms with Crippen LogP contribution in [0.1, 0.15) is 25.7 Å². The first-order chi connectivity index (χ1) is 12.8. The van der Waals surface area contributed by atoms with Crippen LogP contribution in [0.2, 0.25) is 0 Å². The lowest BCUT2D eigenvalue weighted by Crippen LogP contribution is -2.23. The van der Waals surface area contributed by atoms with Crippen LogP contribution in [0.25, 0.3) is 22.2 Å². The number of ether oxygens (including phenoxy) is 1. The predicted molar refractivity (Wildman–Crippen MR) is 107 cm³/mol. The number of unbranched alkanes of at least 4 members (excludes halogenated alkanes) is 3. The summed E-state index contributed by atoms with van der Waals surface area (Å²) >= 11 is 0. The van der Waals surface area contributed by atoms with E-state index >= 15 is 0 Å². The van der Waals surface area contributed by atoms with Crippen LogP contribution in [-0.2, 0) is 6.54 Å². The number of allylic oxidation sites excluding steroid dienone is 1. The molecule has 26 heavy (non-hydrogen) atoms. The number of nitrogens with zero attached hydrogens (tertiary/aromatic N) is 2. The Hall–Kier alpha value is -2.88. The SMILES string of the molecule is C=CCCCCCn1c(=O)c(-c2ccccc2OC)cc2cccnc21. The molecule has 0 N–H and O–H groups in total. The van der Waals surface area contributed by atoms with Gasteiger partial charge >= 0.3 is 0 Å². The molecule has 0 saturated carbocycles. The summed E-state index contributed by atoms with van der Waals surface area (Å²) in [5, 5.41) is 0.957. The number of methoxy groups -OCH3 is 1. The van der Waals surface area contributed by atoms with E-state index in [9.17, 15) is 4.79 Å². The second-order valence-electron chi connectivity index (χ2n) is 6.27. The summed E-state index contributed by atoms with van der Waals surface area (Å²) in [5.41, 5.74) is 2.17. The Morgan fingerprint density at radius 1 is 1.12 bits per heavy atom. The molecular weight excluding hydrogens is 324 g/mol. The van der Waals surface area contributed by atoms with Crippen LogP contribution in [-0.4, -0.2) is 16.7 Å². The van der Waals surface area contributed by atoms with Gasteiger partial charge in [-0.3, -0.25) is 9.36 Å². The maximum absolute atomic E-state index is 13.2. The molecule has 0 amide bonds. The second-order valence-corrected chi connectivity index (χ2v) is 6.27. The van der Waals surface area contributed by atoms with Gasteiger partial charge in [-0.15, -0.1) is 6.58 Å². The molecule has 0 bridgehead atoms. The van der Waals surface area contributed by atoms with Gasteiger partial charge in [-0.1, -0.05) is 30.7 Å². The fourth-order valence-electron chi connectivity index (χ4n) is 3.21. The first-order valence-electron chi connectivity index (χ1n) is 8.99. The summed E-state index contributed by atoms with van der Waals surface area (Å²) < 4.78 is 7.26. The van der Waals surface area contributed by atoms with Gasteiger partial charge in [-0.05, 0) is 43.5 Å². The van der Waals surface area contributed by atoms with Gasteiger partial charge in [-0.25, -0.2) is 4.98 Å². The van der Waals surface area contributed by atoms with Gasteiger partial charge in [0.15, 0.2) is 0 Å². The molecule has 2 aromatic heterocycles. The molecule has 0 aliphatic heterocycles. The number of aryl methyl sites for hydroxylation is 1. The van der Waals surface area contributed by atoms with E-state index in [1.54, 1.807) is 17.9 Å². The maximum atomic E-state index is 13.2. The number of rotatable bonds is 8. The van der Waals surface area contributed by atoms with Gasteiger partial charge in [-0.2, -0.15) is 0 Å². The lowest BCUT2D eigenvalue weighted by molar-refractivity contribution is 0.416. The van der Waals surface area contributed by atoms with Crippen molar-refractivity contribution < 1.29 is 4.74 Å². The first kappa shape index (κ1) is 17.9. The number of aromatic nitrogens is 2. The molecule has 0 fully saturated rings. The topological polar surface area (TPSA) is 44.1 Å². The molecule has 0 spiro atoms. The Labute approximate surface area is 153 Å².